The topological polar surface area (TPSA) is 52.3 Å². The highest BCUT2D eigenvalue weighted by Gasteiger charge is 2.08. The fourth-order valence-corrected chi connectivity index (χ4v) is 1.94. The Bertz CT molecular complexity index is 570. The summed E-state index contributed by atoms with van der Waals surface area (Å²) in [7, 11) is 0. The first kappa shape index (κ1) is 13.4. The van der Waals surface area contributed by atoms with Gasteiger partial charge in [-0.05, 0) is 23.8 Å². The van der Waals surface area contributed by atoms with E-state index in [9.17, 15) is 4.79 Å². The van der Waals surface area contributed by atoms with Gasteiger partial charge < -0.3 is 10.5 Å². The molecule has 2 rings (SSSR count). The number of ether oxygens (including phenoxy) is 1. The molecule has 3 nitrogen and oxygen atoms in total. The van der Waals surface area contributed by atoms with Crippen LogP contribution in [0.5, 0.6) is 5.75 Å². The largest absolute Gasteiger partial charge is 0.489 e. The molecule has 0 fully saturated rings. The van der Waals surface area contributed by atoms with Crippen LogP contribution in [0.15, 0.2) is 48.5 Å². The first-order valence-corrected chi connectivity index (χ1v) is 6.26. The number of hydrogen-bond donors (Lipinski definition) is 1. The van der Waals surface area contributed by atoms with Gasteiger partial charge in [0.15, 0.2) is 0 Å². The van der Waals surface area contributed by atoms with Crippen molar-refractivity contribution in [2.45, 2.75) is 13.0 Å². The lowest BCUT2D eigenvalue weighted by atomic mass is 10.1. The van der Waals surface area contributed by atoms with Crippen LogP contribution in [0.25, 0.3) is 0 Å². The first-order valence-electron chi connectivity index (χ1n) is 5.88. The normalized spacial score (nSPS) is 10.2. The standard InChI is InChI=1S/C15H14ClNO2/c16-13-6-7-14(12(8-13)9-15(17)18)19-10-11-4-2-1-3-5-11/h1-8H,9-10H2,(H2,17,18). The third kappa shape index (κ3) is 4.00. The molecule has 0 aliphatic carbocycles. The summed E-state index contributed by atoms with van der Waals surface area (Å²) >= 11 is 5.91. The Labute approximate surface area is 117 Å². The van der Waals surface area contributed by atoms with E-state index in [0.717, 1.165) is 5.56 Å². The predicted octanol–water partition coefficient (Wildman–Crippen LogP) is 2.95. The number of primary amides is 1. The molecule has 0 spiro atoms. The number of halogens is 1. The van der Waals surface area contributed by atoms with Crippen molar-refractivity contribution in [1.82, 2.24) is 0 Å². The van der Waals surface area contributed by atoms with Gasteiger partial charge in [0.2, 0.25) is 5.91 Å². The number of hydrogen-bond acceptors (Lipinski definition) is 2. The average molecular weight is 276 g/mol. The molecule has 98 valence electrons. The van der Waals surface area contributed by atoms with Gasteiger partial charge in [-0.2, -0.15) is 0 Å². The smallest absolute Gasteiger partial charge is 0.221 e. The zero-order valence-corrected chi connectivity index (χ0v) is 11.1. The van der Waals surface area contributed by atoms with Crippen molar-refractivity contribution in [3.05, 3.63) is 64.7 Å². The molecular formula is C15H14ClNO2. The van der Waals surface area contributed by atoms with E-state index < -0.39 is 5.91 Å². The predicted molar refractivity (Wildman–Crippen MR) is 75.1 cm³/mol. The number of nitrogens with two attached hydrogens (primary N) is 1. The highest BCUT2D eigenvalue weighted by Crippen LogP contribution is 2.24. The molecule has 19 heavy (non-hydrogen) atoms. The van der Waals surface area contributed by atoms with Crippen molar-refractivity contribution in [3.8, 4) is 5.75 Å². The molecule has 0 aromatic heterocycles. The summed E-state index contributed by atoms with van der Waals surface area (Å²) in [5.74, 6) is 0.221. The maximum atomic E-state index is 11.0. The van der Waals surface area contributed by atoms with E-state index in [1.54, 1.807) is 18.2 Å². The van der Waals surface area contributed by atoms with Crippen LogP contribution in [0.4, 0.5) is 0 Å². The molecule has 0 unspecified atom stereocenters. The second kappa shape index (κ2) is 6.25. The van der Waals surface area contributed by atoms with Crippen LogP contribution in [-0.4, -0.2) is 5.91 Å². The van der Waals surface area contributed by atoms with Crippen LogP contribution in [0.1, 0.15) is 11.1 Å². The Morgan fingerprint density at radius 3 is 2.58 bits per heavy atom. The minimum absolute atomic E-state index is 0.116. The van der Waals surface area contributed by atoms with Crippen molar-refractivity contribution in [3.63, 3.8) is 0 Å². The lowest BCUT2D eigenvalue weighted by Crippen LogP contribution is -2.14. The fourth-order valence-electron chi connectivity index (χ4n) is 1.75. The van der Waals surface area contributed by atoms with E-state index in [1.807, 2.05) is 30.3 Å². The molecule has 2 N–H and O–H groups in total. The molecule has 1 amide bonds. The van der Waals surface area contributed by atoms with Crippen LogP contribution in [0, 0.1) is 0 Å². The van der Waals surface area contributed by atoms with Crippen LogP contribution in [-0.2, 0) is 17.8 Å². The summed E-state index contributed by atoms with van der Waals surface area (Å²) in [6, 6.07) is 15.0. The van der Waals surface area contributed by atoms with Gasteiger partial charge >= 0.3 is 0 Å². The van der Waals surface area contributed by atoms with Gasteiger partial charge in [0, 0.05) is 10.6 Å². The van der Waals surface area contributed by atoms with Crippen molar-refractivity contribution >= 4 is 17.5 Å². The summed E-state index contributed by atoms with van der Waals surface area (Å²) < 4.78 is 5.71. The summed E-state index contributed by atoms with van der Waals surface area (Å²) in [6.07, 6.45) is 0.116. The van der Waals surface area contributed by atoms with Crippen LogP contribution in [0.3, 0.4) is 0 Å². The maximum Gasteiger partial charge on any atom is 0.221 e. The second-order valence-corrected chi connectivity index (χ2v) is 4.61. The van der Waals surface area contributed by atoms with Crippen LogP contribution in [0.2, 0.25) is 5.02 Å². The molecular weight excluding hydrogens is 262 g/mol. The highest BCUT2D eigenvalue weighted by molar-refractivity contribution is 6.30. The Morgan fingerprint density at radius 2 is 1.89 bits per heavy atom. The zero-order chi connectivity index (χ0) is 13.7. The zero-order valence-electron chi connectivity index (χ0n) is 10.3. The summed E-state index contributed by atoms with van der Waals surface area (Å²) in [6.45, 7) is 0.439. The Kier molecular flexibility index (Phi) is 4.42. The van der Waals surface area contributed by atoms with Gasteiger partial charge in [-0.3, -0.25) is 4.79 Å². The summed E-state index contributed by atoms with van der Waals surface area (Å²) in [5, 5.41) is 0.559. The van der Waals surface area contributed by atoms with Crippen molar-refractivity contribution < 1.29 is 9.53 Å². The molecule has 0 aliphatic heterocycles. The Morgan fingerprint density at radius 1 is 1.16 bits per heavy atom. The monoisotopic (exact) mass is 275 g/mol. The van der Waals surface area contributed by atoms with E-state index in [2.05, 4.69) is 0 Å². The lowest BCUT2D eigenvalue weighted by Gasteiger charge is -2.11. The number of carbonyl (C=O) groups excluding carboxylic acids is 1. The fraction of sp³-hybridized carbons (Fsp3) is 0.133. The van der Waals surface area contributed by atoms with Gasteiger partial charge in [-0.25, -0.2) is 0 Å². The number of rotatable bonds is 5. The van der Waals surface area contributed by atoms with E-state index in [0.29, 0.717) is 22.9 Å². The van der Waals surface area contributed by atoms with Gasteiger partial charge in [-0.15, -0.1) is 0 Å². The third-order valence-corrected chi connectivity index (χ3v) is 2.86. The van der Waals surface area contributed by atoms with Gasteiger partial charge in [-0.1, -0.05) is 41.9 Å². The molecule has 0 heterocycles. The molecule has 0 saturated heterocycles. The summed E-state index contributed by atoms with van der Waals surface area (Å²) in [4.78, 5) is 11.0. The third-order valence-electron chi connectivity index (χ3n) is 2.62. The van der Waals surface area contributed by atoms with Crippen molar-refractivity contribution in [2.75, 3.05) is 0 Å². The van der Waals surface area contributed by atoms with Gasteiger partial charge in [0.25, 0.3) is 0 Å². The van der Waals surface area contributed by atoms with E-state index in [-0.39, 0.29) is 6.42 Å². The molecule has 0 aliphatic rings. The van der Waals surface area contributed by atoms with E-state index >= 15 is 0 Å². The molecule has 0 saturated carbocycles. The molecule has 2 aromatic carbocycles. The molecule has 0 radical (unpaired) electrons. The van der Waals surface area contributed by atoms with Crippen molar-refractivity contribution in [1.29, 1.82) is 0 Å². The molecule has 0 atom stereocenters. The molecule has 0 bridgehead atoms. The number of carbonyl (C=O) groups is 1. The van der Waals surface area contributed by atoms with Gasteiger partial charge in [0.05, 0.1) is 6.42 Å². The average Bonchev–Trinajstić information content (AvgIpc) is 2.38. The summed E-state index contributed by atoms with van der Waals surface area (Å²) in [5.41, 5.74) is 6.98. The van der Waals surface area contributed by atoms with E-state index in [4.69, 9.17) is 22.1 Å². The SMILES string of the molecule is NC(=O)Cc1cc(Cl)ccc1OCc1ccccc1. The molecule has 4 heteroatoms. The number of amides is 1. The minimum atomic E-state index is -0.410. The van der Waals surface area contributed by atoms with E-state index in [1.165, 1.54) is 0 Å². The Balaban J connectivity index is 2.13. The highest BCUT2D eigenvalue weighted by atomic mass is 35.5. The van der Waals surface area contributed by atoms with Crippen molar-refractivity contribution in [2.24, 2.45) is 5.73 Å². The van der Waals surface area contributed by atoms with Gasteiger partial charge in [0.1, 0.15) is 12.4 Å². The lowest BCUT2D eigenvalue weighted by molar-refractivity contribution is -0.117. The minimum Gasteiger partial charge on any atom is -0.489 e. The quantitative estimate of drug-likeness (QED) is 0.912. The Hall–Kier alpha value is -2.00. The van der Waals surface area contributed by atoms with Crippen LogP contribution >= 0.6 is 11.6 Å². The number of benzene rings is 2. The maximum absolute atomic E-state index is 11.0. The second-order valence-electron chi connectivity index (χ2n) is 4.17. The van der Waals surface area contributed by atoms with Crippen LogP contribution < -0.4 is 10.5 Å². The molecule has 2 aromatic rings. The first-order chi connectivity index (χ1) is 9.15.